The lowest BCUT2D eigenvalue weighted by Gasteiger charge is -2.10. The summed E-state index contributed by atoms with van der Waals surface area (Å²) in [6, 6.07) is 3.81. The Labute approximate surface area is 84.2 Å². The Balaban J connectivity index is 5.06. The van der Waals surface area contributed by atoms with Gasteiger partial charge in [0.05, 0.1) is 6.34 Å². The van der Waals surface area contributed by atoms with E-state index in [9.17, 15) is 0 Å². The molecule has 0 atom stereocenters. The Morgan fingerprint density at radius 1 is 1.14 bits per heavy atom. The predicted octanol–water partition coefficient (Wildman–Crippen LogP) is 0.397. The molecule has 0 heterocycles. The van der Waals surface area contributed by atoms with E-state index in [2.05, 4.69) is 4.99 Å². The molecule has 0 fully saturated rings. The molecule has 0 radical (unpaired) electrons. The highest BCUT2D eigenvalue weighted by Crippen LogP contribution is 2.06. The van der Waals surface area contributed by atoms with Crippen molar-refractivity contribution >= 4 is 6.34 Å². The Morgan fingerprint density at radius 2 is 1.71 bits per heavy atom. The van der Waals surface area contributed by atoms with E-state index in [1.165, 1.54) is 6.34 Å². The number of allylic oxidation sites excluding steroid dienone is 2. The highest BCUT2D eigenvalue weighted by Gasteiger charge is 2.06. The summed E-state index contributed by atoms with van der Waals surface area (Å²) < 4.78 is 0. The van der Waals surface area contributed by atoms with E-state index < -0.39 is 0 Å². The molecule has 0 aromatic carbocycles. The minimum atomic E-state index is 0.117. The number of nitriles is 2. The zero-order chi connectivity index (χ0) is 11.1. The van der Waals surface area contributed by atoms with E-state index in [1.807, 2.05) is 12.1 Å². The molecular weight excluding hydrogens is 178 g/mol. The molecule has 14 heavy (non-hydrogen) atoms. The molecular formula is C9H13N5. The Hall–Kier alpha value is -2.01. The van der Waals surface area contributed by atoms with Crippen molar-refractivity contribution < 1.29 is 0 Å². The predicted molar refractivity (Wildman–Crippen MR) is 54.1 cm³/mol. The first-order chi connectivity index (χ1) is 6.52. The van der Waals surface area contributed by atoms with E-state index in [4.69, 9.17) is 10.5 Å². The third-order valence-electron chi connectivity index (χ3n) is 1.30. The van der Waals surface area contributed by atoms with E-state index in [0.29, 0.717) is 0 Å². The van der Waals surface area contributed by atoms with Gasteiger partial charge in [0.2, 0.25) is 0 Å². The van der Waals surface area contributed by atoms with Gasteiger partial charge in [0.15, 0.2) is 11.4 Å². The van der Waals surface area contributed by atoms with Crippen LogP contribution in [0.2, 0.25) is 0 Å². The highest BCUT2D eigenvalue weighted by atomic mass is 15.1. The van der Waals surface area contributed by atoms with Gasteiger partial charge in [-0.1, -0.05) is 0 Å². The minimum Gasteiger partial charge on any atom is -0.369 e. The summed E-state index contributed by atoms with van der Waals surface area (Å²) in [6.45, 7) is 0. The van der Waals surface area contributed by atoms with Crippen LogP contribution < -0.4 is 0 Å². The summed E-state index contributed by atoms with van der Waals surface area (Å²) in [5.74, 6) is 0. The lowest BCUT2D eigenvalue weighted by Crippen LogP contribution is -2.13. The third-order valence-corrected chi connectivity index (χ3v) is 1.30. The first-order valence-corrected chi connectivity index (χ1v) is 3.95. The largest absolute Gasteiger partial charge is 0.369 e. The van der Waals surface area contributed by atoms with E-state index in [-0.39, 0.29) is 11.4 Å². The maximum atomic E-state index is 8.78. The summed E-state index contributed by atoms with van der Waals surface area (Å²) in [7, 11) is 6.97. The molecule has 74 valence electrons. The van der Waals surface area contributed by atoms with Crippen molar-refractivity contribution in [1.29, 1.82) is 10.5 Å². The van der Waals surface area contributed by atoms with Gasteiger partial charge in [0, 0.05) is 28.2 Å². The normalized spacial score (nSPS) is 11.6. The zero-order valence-electron chi connectivity index (χ0n) is 8.81. The van der Waals surface area contributed by atoms with Gasteiger partial charge < -0.3 is 9.80 Å². The molecule has 0 N–H and O–H groups in total. The molecule has 0 spiro atoms. The minimum absolute atomic E-state index is 0.117. The second-order valence-corrected chi connectivity index (χ2v) is 3.02. The molecule has 0 saturated heterocycles. The first kappa shape index (κ1) is 12.0. The number of hydrogen-bond acceptors (Lipinski definition) is 4. The number of hydrogen-bond donors (Lipinski definition) is 0. The van der Waals surface area contributed by atoms with Crippen molar-refractivity contribution in [3.05, 3.63) is 11.4 Å². The molecule has 0 rings (SSSR count). The van der Waals surface area contributed by atoms with Crippen LogP contribution in [0.4, 0.5) is 0 Å². The maximum absolute atomic E-state index is 8.78. The standard InChI is InChI=1S/C9H13N5/c1-13(2)7-12-8(5-10)9(6-11)14(3)4/h7H,1-4H3/b9-8-,12-7?. The van der Waals surface area contributed by atoms with E-state index in [0.717, 1.165) is 0 Å². The van der Waals surface area contributed by atoms with Crippen LogP contribution in [0.5, 0.6) is 0 Å². The summed E-state index contributed by atoms with van der Waals surface area (Å²) >= 11 is 0. The van der Waals surface area contributed by atoms with Crippen LogP contribution in [0.15, 0.2) is 16.4 Å². The number of nitrogens with zero attached hydrogens (tertiary/aromatic N) is 5. The highest BCUT2D eigenvalue weighted by molar-refractivity contribution is 5.58. The first-order valence-electron chi connectivity index (χ1n) is 3.95. The maximum Gasteiger partial charge on any atom is 0.176 e. The van der Waals surface area contributed by atoms with Gasteiger partial charge in [0.25, 0.3) is 0 Å². The molecule has 5 nitrogen and oxygen atoms in total. The van der Waals surface area contributed by atoms with Crippen LogP contribution >= 0.6 is 0 Å². The van der Waals surface area contributed by atoms with E-state index >= 15 is 0 Å². The Bertz CT molecular complexity index is 324. The van der Waals surface area contributed by atoms with Crippen LogP contribution in [-0.4, -0.2) is 44.3 Å². The second-order valence-electron chi connectivity index (χ2n) is 3.02. The van der Waals surface area contributed by atoms with Crippen LogP contribution in [0, 0.1) is 22.7 Å². The topological polar surface area (TPSA) is 66.4 Å². The van der Waals surface area contributed by atoms with Gasteiger partial charge in [0.1, 0.15) is 12.1 Å². The number of rotatable bonds is 3. The SMILES string of the molecule is CN(C)C=N/C(C#N)=C(/C#N)N(C)C. The summed E-state index contributed by atoms with van der Waals surface area (Å²) in [4.78, 5) is 7.15. The number of aliphatic imine (C=N–C) groups is 1. The smallest absolute Gasteiger partial charge is 0.176 e. The fourth-order valence-electron chi connectivity index (χ4n) is 0.681. The molecule has 0 aliphatic carbocycles. The average Bonchev–Trinajstić information content (AvgIpc) is 2.10. The van der Waals surface area contributed by atoms with Crippen LogP contribution in [0.1, 0.15) is 0 Å². The third kappa shape index (κ3) is 3.59. The van der Waals surface area contributed by atoms with Crippen LogP contribution in [0.25, 0.3) is 0 Å². The molecule has 0 aromatic heterocycles. The van der Waals surface area contributed by atoms with Gasteiger partial charge in [-0.05, 0) is 0 Å². The lowest BCUT2D eigenvalue weighted by atomic mass is 10.3. The van der Waals surface area contributed by atoms with Gasteiger partial charge in [-0.3, -0.25) is 0 Å². The molecule has 0 aromatic rings. The summed E-state index contributed by atoms with van der Waals surface area (Å²) in [5.41, 5.74) is 0.372. The molecule has 0 aliphatic rings. The van der Waals surface area contributed by atoms with Crippen molar-refractivity contribution in [2.24, 2.45) is 4.99 Å². The van der Waals surface area contributed by atoms with Crippen LogP contribution in [0.3, 0.4) is 0 Å². The monoisotopic (exact) mass is 191 g/mol. The van der Waals surface area contributed by atoms with Gasteiger partial charge in [-0.2, -0.15) is 10.5 Å². The van der Waals surface area contributed by atoms with Crippen LogP contribution in [-0.2, 0) is 0 Å². The molecule has 0 amide bonds. The fourth-order valence-corrected chi connectivity index (χ4v) is 0.681. The second kappa shape index (κ2) is 5.60. The zero-order valence-corrected chi connectivity index (χ0v) is 8.81. The van der Waals surface area contributed by atoms with Gasteiger partial charge in [-0.25, -0.2) is 4.99 Å². The van der Waals surface area contributed by atoms with Crippen molar-refractivity contribution in [3.8, 4) is 12.1 Å². The molecule has 0 bridgehead atoms. The Morgan fingerprint density at radius 3 is 2.00 bits per heavy atom. The fraction of sp³-hybridized carbons (Fsp3) is 0.444. The van der Waals surface area contributed by atoms with Gasteiger partial charge in [-0.15, -0.1) is 0 Å². The lowest BCUT2D eigenvalue weighted by molar-refractivity contribution is 0.528. The van der Waals surface area contributed by atoms with Crippen molar-refractivity contribution in [3.63, 3.8) is 0 Å². The molecule has 5 heteroatoms. The van der Waals surface area contributed by atoms with E-state index in [1.54, 1.807) is 38.0 Å². The summed E-state index contributed by atoms with van der Waals surface area (Å²) in [5, 5.41) is 17.5. The molecule has 0 unspecified atom stereocenters. The van der Waals surface area contributed by atoms with Crippen molar-refractivity contribution in [2.75, 3.05) is 28.2 Å². The van der Waals surface area contributed by atoms with Gasteiger partial charge >= 0.3 is 0 Å². The average molecular weight is 191 g/mol. The summed E-state index contributed by atoms with van der Waals surface area (Å²) in [6.07, 6.45) is 1.49. The Kier molecular flexibility index (Phi) is 4.80. The molecule has 0 aliphatic heterocycles. The van der Waals surface area contributed by atoms with Crippen molar-refractivity contribution in [2.45, 2.75) is 0 Å². The molecule has 0 saturated carbocycles. The quantitative estimate of drug-likeness (QED) is 0.368. The van der Waals surface area contributed by atoms with Crippen molar-refractivity contribution in [1.82, 2.24) is 9.80 Å².